The maximum atomic E-state index is 7.29. The molecule has 77 heavy (non-hydrogen) atoms. The Morgan fingerprint density at radius 3 is 1.00 bits per heavy atom. The topological polar surface area (TPSA) is 36.1 Å². The monoisotopic (exact) mass is 998 g/mol. The number of benzene rings is 12. The summed E-state index contributed by atoms with van der Waals surface area (Å²) in [6, 6.07) is 102. The zero-order chi connectivity index (χ0) is 50.6. The van der Waals surface area contributed by atoms with E-state index in [0.29, 0.717) is 0 Å². The highest BCUT2D eigenvalue weighted by Crippen LogP contribution is 2.41. The third kappa shape index (κ3) is 6.38. The molecule has 16 aromatic rings. The van der Waals surface area contributed by atoms with Crippen molar-refractivity contribution in [3.05, 3.63) is 279 Å². The van der Waals surface area contributed by atoms with Gasteiger partial charge < -0.3 is 18.0 Å². The van der Waals surface area contributed by atoms with Crippen LogP contribution in [-0.4, -0.2) is 17.2 Å². The van der Waals surface area contributed by atoms with E-state index in [2.05, 4.69) is 288 Å². The standard InChI is InChI=1S/C72H46N2O2Si/c1-3-21-49(22-4-1)77(50-23-5-2-6-24-50,69-39-19-31-57-59-45-47(41-43-67(59)75-71(57)69)51-25-7-13-33-61(51)73-63-35-15-9-27-53(63)54-28-10-16-36-64(54)73)70-40-20-32-58-60-46-48(42-44-68(60)76-72(58)70)52-26-8-14-34-62(52)74-65-37-17-11-29-55(65)56-30-12-18-38-66(56)74/h1-46H. The van der Waals surface area contributed by atoms with Crippen molar-refractivity contribution in [2.24, 2.45) is 0 Å². The minimum Gasteiger partial charge on any atom is -0.456 e. The van der Waals surface area contributed by atoms with Crippen LogP contribution in [0.3, 0.4) is 0 Å². The maximum absolute atomic E-state index is 7.29. The molecule has 0 N–H and O–H groups in total. The largest absolute Gasteiger partial charge is 0.456 e. The summed E-state index contributed by atoms with van der Waals surface area (Å²) in [4.78, 5) is 0. The summed E-state index contributed by atoms with van der Waals surface area (Å²) < 4.78 is 19.4. The van der Waals surface area contributed by atoms with Crippen LogP contribution in [0.2, 0.25) is 0 Å². The van der Waals surface area contributed by atoms with Crippen molar-refractivity contribution >= 4 is 116 Å². The molecule has 5 heteroatoms. The van der Waals surface area contributed by atoms with Gasteiger partial charge in [-0.1, -0.05) is 218 Å². The molecule has 0 atom stereocenters. The van der Waals surface area contributed by atoms with Crippen molar-refractivity contribution in [2.75, 3.05) is 0 Å². The molecule has 0 radical (unpaired) electrons. The number of hydrogen-bond donors (Lipinski definition) is 0. The van der Waals surface area contributed by atoms with E-state index >= 15 is 0 Å². The van der Waals surface area contributed by atoms with Gasteiger partial charge in [-0.3, -0.25) is 0 Å². The van der Waals surface area contributed by atoms with E-state index in [4.69, 9.17) is 8.83 Å². The van der Waals surface area contributed by atoms with Crippen molar-refractivity contribution in [2.45, 2.75) is 0 Å². The van der Waals surface area contributed by atoms with Crippen LogP contribution in [0, 0.1) is 0 Å². The second-order valence-electron chi connectivity index (χ2n) is 20.2. The number of hydrogen-bond acceptors (Lipinski definition) is 2. The Hall–Kier alpha value is -9.94. The summed E-state index contributed by atoms with van der Waals surface area (Å²) in [6.45, 7) is 0. The predicted molar refractivity (Wildman–Crippen MR) is 324 cm³/mol. The van der Waals surface area contributed by atoms with Crippen LogP contribution in [0.15, 0.2) is 288 Å². The molecule has 0 saturated heterocycles. The van der Waals surface area contributed by atoms with Crippen LogP contribution in [0.1, 0.15) is 0 Å². The zero-order valence-electron chi connectivity index (χ0n) is 41.8. The SMILES string of the molecule is c1ccc([Si](c2ccccc2)(c2cccc3c2oc2ccc(-c4ccccc4-n4c5ccccc5c5ccccc54)cc23)c2cccc3c2oc2ccc(-c4ccccc4-n4c5ccccc5c5ccccc54)cc23)cc1. The molecule has 0 aliphatic heterocycles. The first-order chi connectivity index (χ1) is 38.2. The molecule has 0 aliphatic carbocycles. The number of para-hydroxylation sites is 8. The Morgan fingerprint density at radius 1 is 0.260 bits per heavy atom. The number of furan rings is 2. The van der Waals surface area contributed by atoms with Crippen molar-refractivity contribution in [3.63, 3.8) is 0 Å². The van der Waals surface area contributed by atoms with Gasteiger partial charge in [0.1, 0.15) is 22.3 Å². The second-order valence-corrected chi connectivity index (χ2v) is 24.0. The second kappa shape index (κ2) is 17.0. The molecule has 0 bridgehead atoms. The van der Waals surface area contributed by atoms with Crippen molar-refractivity contribution in [3.8, 4) is 33.6 Å². The van der Waals surface area contributed by atoms with Gasteiger partial charge in [-0.25, -0.2) is 0 Å². The first-order valence-corrected chi connectivity index (χ1v) is 28.4. The highest BCUT2D eigenvalue weighted by Gasteiger charge is 2.46. The quantitative estimate of drug-likeness (QED) is 0.112. The van der Waals surface area contributed by atoms with E-state index in [0.717, 1.165) is 77.5 Å². The molecule has 4 heterocycles. The Labute approximate surface area is 444 Å². The van der Waals surface area contributed by atoms with Crippen LogP contribution in [0.25, 0.3) is 121 Å². The van der Waals surface area contributed by atoms with Gasteiger partial charge in [0.2, 0.25) is 0 Å². The van der Waals surface area contributed by atoms with Gasteiger partial charge in [0.15, 0.2) is 8.07 Å². The Kier molecular flexibility index (Phi) is 9.62. The first-order valence-electron chi connectivity index (χ1n) is 26.4. The van der Waals surface area contributed by atoms with Gasteiger partial charge in [0.25, 0.3) is 0 Å². The van der Waals surface area contributed by atoms with Crippen LogP contribution in [0.5, 0.6) is 0 Å². The molecule has 0 unspecified atom stereocenters. The van der Waals surface area contributed by atoms with Crippen LogP contribution in [0.4, 0.5) is 0 Å². The molecular formula is C72H46N2O2Si. The van der Waals surface area contributed by atoms with E-state index in [1.165, 1.54) is 64.4 Å². The minimum atomic E-state index is -3.30. The zero-order valence-corrected chi connectivity index (χ0v) is 42.8. The third-order valence-electron chi connectivity index (χ3n) is 16.3. The van der Waals surface area contributed by atoms with Crippen LogP contribution < -0.4 is 20.7 Å². The molecule has 4 nitrogen and oxygen atoms in total. The van der Waals surface area contributed by atoms with E-state index in [1.54, 1.807) is 0 Å². The summed E-state index contributed by atoms with van der Waals surface area (Å²) in [7, 11) is -3.30. The van der Waals surface area contributed by atoms with Gasteiger partial charge in [-0.2, -0.15) is 0 Å². The fraction of sp³-hybridized carbons (Fsp3) is 0. The lowest BCUT2D eigenvalue weighted by Crippen LogP contribution is -2.75. The summed E-state index contributed by atoms with van der Waals surface area (Å²) in [5.74, 6) is 0. The average molecular weight is 999 g/mol. The molecular weight excluding hydrogens is 953 g/mol. The van der Waals surface area contributed by atoms with E-state index in [9.17, 15) is 0 Å². The Bertz CT molecular complexity index is 4580. The fourth-order valence-electron chi connectivity index (χ4n) is 13.0. The Morgan fingerprint density at radius 2 is 0.597 bits per heavy atom. The highest BCUT2D eigenvalue weighted by molar-refractivity contribution is 7.21. The predicted octanol–water partition coefficient (Wildman–Crippen LogP) is 16.4. The maximum Gasteiger partial charge on any atom is 0.188 e. The number of nitrogens with zero attached hydrogens (tertiary/aromatic N) is 2. The molecule has 12 aromatic carbocycles. The molecule has 0 amide bonds. The van der Waals surface area contributed by atoms with Crippen molar-refractivity contribution in [1.82, 2.24) is 9.13 Å². The fourth-order valence-corrected chi connectivity index (χ4v) is 18.0. The summed E-state index contributed by atoms with van der Waals surface area (Å²) >= 11 is 0. The van der Waals surface area contributed by atoms with Crippen LogP contribution in [-0.2, 0) is 0 Å². The highest BCUT2D eigenvalue weighted by atomic mass is 28.3. The lowest BCUT2D eigenvalue weighted by molar-refractivity contribution is 0.670. The Balaban J connectivity index is 0.906. The van der Waals surface area contributed by atoms with E-state index in [1.807, 2.05) is 0 Å². The van der Waals surface area contributed by atoms with Gasteiger partial charge in [-0.05, 0) is 92.5 Å². The average Bonchev–Trinajstić information content (AvgIpc) is 4.41. The smallest absolute Gasteiger partial charge is 0.188 e. The van der Waals surface area contributed by atoms with Gasteiger partial charge in [0, 0.05) is 54.2 Å². The van der Waals surface area contributed by atoms with Crippen molar-refractivity contribution < 1.29 is 8.83 Å². The normalized spacial score (nSPS) is 12.2. The van der Waals surface area contributed by atoms with E-state index in [-0.39, 0.29) is 0 Å². The number of fused-ring (bicyclic) bond motifs is 12. The van der Waals surface area contributed by atoms with Gasteiger partial charge in [-0.15, -0.1) is 0 Å². The lowest BCUT2D eigenvalue weighted by atomic mass is 10.0. The molecule has 0 saturated carbocycles. The van der Waals surface area contributed by atoms with Crippen molar-refractivity contribution in [1.29, 1.82) is 0 Å². The number of aromatic nitrogens is 2. The first kappa shape index (κ1) is 43.5. The molecule has 16 rings (SSSR count). The van der Waals surface area contributed by atoms with E-state index < -0.39 is 8.07 Å². The summed E-state index contributed by atoms with van der Waals surface area (Å²) in [6.07, 6.45) is 0. The number of rotatable bonds is 8. The summed E-state index contributed by atoms with van der Waals surface area (Å²) in [5.41, 5.74) is 15.1. The summed E-state index contributed by atoms with van der Waals surface area (Å²) in [5, 5.41) is 14.1. The van der Waals surface area contributed by atoms with Gasteiger partial charge >= 0.3 is 0 Å². The molecule has 4 aromatic heterocycles. The van der Waals surface area contributed by atoms with Crippen LogP contribution >= 0.6 is 0 Å². The molecule has 0 aliphatic rings. The molecule has 0 fully saturated rings. The van der Waals surface area contributed by atoms with Gasteiger partial charge in [0.05, 0.1) is 33.4 Å². The molecule has 0 spiro atoms. The molecule has 360 valence electrons. The minimum absolute atomic E-state index is 0.852. The third-order valence-corrected chi connectivity index (χ3v) is 21.1. The lowest BCUT2D eigenvalue weighted by Gasteiger charge is -2.34.